The van der Waals surface area contributed by atoms with Gasteiger partial charge in [0, 0.05) is 12.6 Å². The van der Waals surface area contributed by atoms with Gasteiger partial charge in [-0.25, -0.2) is 0 Å². The summed E-state index contributed by atoms with van der Waals surface area (Å²) >= 11 is 0. The summed E-state index contributed by atoms with van der Waals surface area (Å²) in [6, 6.07) is 11.3. The molecule has 18 heavy (non-hydrogen) atoms. The molecule has 1 N–H and O–H groups in total. The van der Waals surface area contributed by atoms with Crippen LogP contribution >= 0.6 is 0 Å². The van der Waals surface area contributed by atoms with Crippen molar-refractivity contribution in [3.63, 3.8) is 0 Å². The van der Waals surface area contributed by atoms with Crippen LogP contribution in [-0.4, -0.2) is 31.6 Å². The van der Waals surface area contributed by atoms with Gasteiger partial charge in [0.05, 0.1) is 0 Å². The van der Waals surface area contributed by atoms with E-state index in [0.29, 0.717) is 6.04 Å². The molecule has 0 aliphatic rings. The number of nitrogens with one attached hydrogen (secondary N) is 1. The third-order valence-electron chi connectivity index (χ3n) is 3.42. The topological polar surface area (TPSA) is 15.3 Å². The lowest BCUT2D eigenvalue weighted by molar-refractivity contribution is 0.234. The first-order valence-electron chi connectivity index (χ1n) is 7.25. The highest BCUT2D eigenvalue weighted by atomic mass is 15.1. The van der Waals surface area contributed by atoms with Crippen LogP contribution < -0.4 is 5.32 Å². The quantitative estimate of drug-likeness (QED) is 0.673. The normalized spacial score (nSPS) is 12.9. The SMILES string of the molecule is CCCCCN(C)C(CNCC)c1ccccc1. The summed E-state index contributed by atoms with van der Waals surface area (Å²) in [5, 5.41) is 3.48. The molecule has 2 heteroatoms. The molecule has 1 rings (SSSR count). The van der Waals surface area contributed by atoms with Gasteiger partial charge in [-0.1, -0.05) is 57.0 Å². The van der Waals surface area contributed by atoms with Gasteiger partial charge in [-0.2, -0.15) is 0 Å². The van der Waals surface area contributed by atoms with Crippen LogP contribution in [0.2, 0.25) is 0 Å². The van der Waals surface area contributed by atoms with E-state index in [4.69, 9.17) is 0 Å². The fraction of sp³-hybridized carbons (Fsp3) is 0.625. The van der Waals surface area contributed by atoms with Crippen molar-refractivity contribution < 1.29 is 0 Å². The second kappa shape index (κ2) is 9.12. The molecule has 102 valence electrons. The Balaban J connectivity index is 2.59. The molecule has 0 aromatic heterocycles. The molecule has 1 aromatic rings. The lowest BCUT2D eigenvalue weighted by Crippen LogP contribution is -2.34. The number of unbranched alkanes of at least 4 members (excludes halogenated alkanes) is 2. The van der Waals surface area contributed by atoms with Crippen LogP contribution in [0.1, 0.15) is 44.7 Å². The van der Waals surface area contributed by atoms with Crippen LogP contribution in [0.4, 0.5) is 0 Å². The molecule has 0 spiro atoms. The van der Waals surface area contributed by atoms with Crippen LogP contribution in [0, 0.1) is 0 Å². The average molecular weight is 248 g/mol. The Bertz CT molecular complexity index is 297. The highest BCUT2D eigenvalue weighted by Gasteiger charge is 2.15. The van der Waals surface area contributed by atoms with Gasteiger partial charge in [0.1, 0.15) is 0 Å². The summed E-state index contributed by atoms with van der Waals surface area (Å²) in [6.07, 6.45) is 3.91. The number of benzene rings is 1. The minimum absolute atomic E-state index is 0.489. The molecular weight excluding hydrogens is 220 g/mol. The zero-order chi connectivity index (χ0) is 13.2. The molecule has 0 bridgehead atoms. The van der Waals surface area contributed by atoms with Gasteiger partial charge < -0.3 is 5.32 Å². The molecule has 2 nitrogen and oxygen atoms in total. The number of nitrogens with zero attached hydrogens (tertiary/aromatic N) is 1. The van der Waals surface area contributed by atoms with Crippen molar-refractivity contribution >= 4 is 0 Å². The van der Waals surface area contributed by atoms with Crippen molar-refractivity contribution in [1.82, 2.24) is 10.2 Å². The van der Waals surface area contributed by atoms with E-state index in [1.165, 1.54) is 31.4 Å². The Kier molecular flexibility index (Phi) is 7.70. The highest BCUT2D eigenvalue weighted by molar-refractivity contribution is 5.19. The van der Waals surface area contributed by atoms with E-state index in [2.05, 4.69) is 61.4 Å². The van der Waals surface area contributed by atoms with Crippen molar-refractivity contribution in [2.75, 3.05) is 26.7 Å². The zero-order valence-corrected chi connectivity index (χ0v) is 12.2. The third kappa shape index (κ3) is 5.19. The Hall–Kier alpha value is -0.860. The zero-order valence-electron chi connectivity index (χ0n) is 12.2. The largest absolute Gasteiger partial charge is 0.315 e. The standard InChI is InChI=1S/C16H28N2/c1-4-6-10-13-18(3)16(14-17-5-2)15-11-8-7-9-12-15/h7-9,11-12,16-17H,4-6,10,13-14H2,1-3H3. The van der Waals surface area contributed by atoms with Gasteiger partial charge in [-0.15, -0.1) is 0 Å². The first-order chi connectivity index (χ1) is 8.79. The summed E-state index contributed by atoms with van der Waals surface area (Å²) in [5.41, 5.74) is 1.41. The smallest absolute Gasteiger partial charge is 0.0469 e. The average Bonchev–Trinajstić information content (AvgIpc) is 2.41. The molecule has 0 aliphatic carbocycles. The minimum Gasteiger partial charge on any atom is -0.315 e. The molecule has 0 fully saturated rings. The monoisotopic (exact) mass is 248 g/mol. The highest BCUT2D eigenvalue weighted by Crippen LogP contribution is 2.18. The molecule has 1 aromatic carbocycles. The van der Waals surface area contributed by atoms with Crippen molar-refractivity contribution in [3.05, 3.63) is 35.9 Å². The second-order valence-electron chi connectivity index (χ2n) is 4.92. The maximum atomic E-state index is 3.48. The van der Waals surface area contributed by atoms with Crippen molar-refractivity contribution in [2.24, 2.45) is 0 Å². The van der Waals surface area contributed by atoms with Gasteiger partial charge in [0.15, 0.2) is 0 Å². The summed E-state index contributed by atoms with van der Waals surface area (Å²) in [5.74, 6) is 0. The van der Waals surface area contributed by atoms with Crippen LogP contribution in [0.25, 0.3) is 0 Å². The van der Waals surface area contributed by atoms with Gasteiger partial charge >= 0.3 is 0 Å². The third-order valence-corrected chi connectivity index (χ3v) is 3.42. The summed E-state index contributed by atoms with van der Waals surface area (Å²) in [4.78, 5) is 2.48. The number of hydrogen-bond donors (Lipinski definition) is 1. The van der Waals surface area contributed by atoms with Crippen LogP contribution in [0.3, 0.4) is 0 Å². The predicted octanol–water partition coefficient (Wildman–Crippen LogP) is 3.46. The lowest BCUT2D eigenvalue weighted by atomic mass is 10.1. The Labute approximate surface area is 112 Å². The molecule has 0 saturated heterocycles. The Morgan fingerprint density at radius 1 is 1.11 bits per heavy atom. The second-order valence-corrected chi connectivity index (χ2v) is 4.92. The Morgan fingerprint density at radius 2 is 1.83 bits per heavy atom. The van der Waals surface area contributed by atoms with Crippen LogP contribution in [0.15, 0.2) is 30.3 Å². The molecule has 0 radical (unpaired) electrons. The Morgan fingerprint density at radius 3 is 2.44 bits per heavy atom. The summed E-state index contributed by atoms with van der Waals surface area (Å²) in [7, 11) is 2.24. The van der Waals surface area contributed by atoms with E-state index in [1.54, 1.807) is 0 Å². The van der Waals surface area contributed by atoms with E-state index in [1.807, 2.05) is 0 Å². The molecule has 0 saturated carbocycles. The minimum atomic E-state index is 0.489. The number of hydrogen-bond acceptors (Lipinski definition) is 2. The fourth-order valence-electron chi connectivity index (χ4n) is 2.25. The molecule has 1 unspecified atom stereocenters. The van der Waals surface area contributed by atoms with E-state index >= 15 is 0 Å². The predicted molar refractivity (Wildman–Crippen MR) is 79.9 cm³/mol. The molecule has 0 heterocycles. The van der Waals surface area contributed by atoms with Crippen LogP contribution in [0.5, 0.6) is 0 Å². The molecule has 0 amide bonds. The maximum Gasteiger partial charge on any atom is 0.0469 e. The number of rotatable bonds is 9. The van der Waals surface area contributed by atoms with Gasteiger partial charge in [-0.05, 0) is 32.1 Å². The van der Waals surface area contributed by atoms with Gasteiger partial charge in [0.2, 0.25) is 0 Å². The van der Waals surface area contributed by atoms with E-state index in [-0.39, 0.29) is 0 Å². The van der Waals surface area contributed by atoms with Crippen molar-refractivity contribution in [1.29, 1.82) is 0 Å². The van der Waals surface area contributed by atoms with Gasteiger partial charge in [0.25, 0.3) is 0 Å². The van der Waals surface area contributed by atoms with E-state index in [0.717, 1.165) is 13.1 Å². The summed E-state index contributed by atoms with van der Waals surface area (Å²) < 4.78 is 0. The molecule has 0 aliphatic heterocycles. The van der Waals surface area contributed by atoms with E-state index in [9.17, 15) is 0 Å². The van der Waals surface area contributed by atoms with Crippen molar-refractivity contribution in [3.8, 4) is 0 Å². The first-order valence-corrected chi connectivity index (χ1v) is 7.25. The fourth-order valence-corrected chi connectivity index (χ4v) is 2.25. The summed E-state index contributed by atoms with van der Waals surface area (Å²) in [6.45, 7) is 7.67. The van der Waals surface area contributed by atoms with Crippen molar-refractivity contribution in [2.45, 2.75) is 39.2 Å². The molecule has 1 atom stereocenters. The lowest BCUT2D eigenvalue weighted by Gasteiger charge is -2.28. The maximum absolute atomic E-state index is 3.48. The first kappa shape index (κ1) is 15.2. The number of likely N-dealkylation sites (N-methyl/N-ethyl adjacent to an activating group) is 2. The van der Waals surface area contributed by atoms with Gasteiger partial charge in [-0.3, -0.25) is 4.90 Å². The van der Waals surface area contributed by atoms with E-state index < -0.39 is 0 Å². The molecular formula is C16H28N2. The van der Waals surface area contributed by atoms with Crippen LogP contribution in [-0.2, 0) is 0 Å².